The lowest BCUT2D eigenvalue weighted by atomic mass is 10.0. The van der Waals surface area contributed by atoms with E-state index >= 15 is 0 Å². The van der Waals surface area contributed by atoms with Gasteiger partial charge in [0.1, 0.15) is 0 Å². The van der Waals surface area contributed by atoms with Crippen LogP contribution < -0.4 is 11.1 Å². The van der Waals surface area contributed by atoms with Crippen molar-refractivity contribution in [1.82, 2.24) is 5.32 Å². The summed E-state index contributed by atoms with van der Waals surface area (Å²) in [6.45, 7) is 4.86. The predicted molar refractivity (Wildman–Crippen MR) is 72.7 cm³/mol. The molecular weight excluding hydrogens is 288 g/mol. The highest BCUT2D eigenvalue weighted by Gasteiger charge is 2.18. The van der Waals surface area contributed by atoms with E-state index in [1.807, 2.05) is 13.0 Å². The van der Waals surface area contributed by atoms with Crippen LogP contribution in [-0.4, -0.2) is 24.3 Å². The van der Waals surface area contributed by atoms with Crippen LogP contribution in [0.1, 0.15) is 24.8 Å². The van der Waals surface area contributed by atoms with Crippen molar-refractivity contribution >= 4 is 27.3 Å². The molecule has 0 saturated heterocycles. The molecule has 0 fully saturated rings. The quantitative estimate of drug-likeness (QED) is 0.754. The van der Waals surface area contributed by atoms with Crippen LogP contribution >= 0.6 is 27.3 Å². The number of nitrogens with one attached hydrogen (secondary N) is 1. The van der Waals surface area contributed by atoms with Crippen molar-refractivity contribution in [3.8, 4) is 0 Å². The van der Waals surface area contributed by atoms with E-state index in [0.717, 1.165) is 3.79 Å². The van der Waals surface area contributed by atoms with E-state index in [2.05, 4.69) is 34.2 Å². The van der Waals surface area contributed by atoms with E-state index in [0.29, 0.717) is 6.54 Å². The maximum atomic E-state index is 9.09. The first kappa shape index (κ1) is 14.1. The summed E-state index contributed by atoms with van der Waals surface area (Å²) in [7, 11) is 0. The predicted octanol–water partition coefficient (Wildman–Crippen LogP) is 2.12. The van der Waals surface area contributed by atoms with Crippen LogP contribution in [0, 0.1) is 5.92 Å². The zero-order chi connectivity index (χ0) is 12.1. The first-order valence-corrected chi connectivity index (χ1v) is 7.01. The molecule has 0 radical (unpaired) electrons. The topological polar surface area (TPSA) is 58.3 Å². The molecule has 16 heavy (non-hydrogen) atoms. The highest BCUT2D eigenvalue weighted by Crippen LogP contribution is 2.27. The molecule has 0 spiro atoms. The Morgan fingerprint density at radius 3 is 2.62 bits per heavy atom. The summed E-state index contributed by atoms with van der Waals surface area (Å²) in [5, 5.41) is 12.5. The summed E-state index contributed by atoms with van der Waals surface area (Å²) in [6, 6.07) is 4.53. The summed E-state index contributed by atoms with van der Waals surface area (Å²) in [5.41, 5.74) is 5.77. The number of hydrogen-bond donors (Lipinski definition) is 3. The number of halogens is 1. The Balaban J connectivity index is 2.62. The van der Waals surface area contributed by atoms with Crippen LogP contribution in [0.4, 0.5) is 0 Å². The van der Waals surface area contributed by atoms with E-state index in [1.54, 1.807) is 11.3 Å². The molecule has 0 aliphatic heterocycles. The Labute approximate surface area is 109 Å². The van der Waals surface area contributed by atoms with Crippen molar-refractivity contribution < 1.29 is 5.11 Å². The number of thiophene rings is 1. The van der Waals surface area contributed by atoms with Gasteiger partial charge in [-0.2, -0.15) is 0 Å². The van der Waals surface area contributed by atoms with E-state index in [1.165, 1.54) is 4.88 Å². The Morgan fingerprint density at radius 2 is 2.19 bits per heavy atom. The molecule has 3 unspecified atom stereocenters. The Bertz CT molecular complexity index is 319. The van der Waals surface area contributed by atoms with Gasteiger partial charge >= 0.3 is 0 Å². The average molecular weight is 307 g/mol. The second-order valence-corrected chi connectivity index (χ2v) is 6.54. The van der Waals surface area contributed by atoms with Crippen molar-refractivity contribution in [2.75, 3.05) is 13.2 Å². The molecule has 1 aromatic heterocycles. The second-order valence-electron chi connectivity index (χ2n) is 4.05. The standard InChI is InChI=1S/C11H19BrN2OS/c1-7(6-15)8(2)14-9(5-13)10-3-4-11(12)16-10/h3-4,7-9,14-15H,5-6,13H2,1-2H3. The Hall–Kier alpha value is 0.0600. The van der Waals surface area contributed by atoms with Gasteiger partial charge in [0.15, 0.2) is 0 Å². The lowest BCUT2D eigenvalue weighted by Crippen LogP contribution is -2.39. The van der Waals surface area contributed by atoms with Gasteiger partial charge in [-0.1, -0.05) is 6.92 Å². The van der Waals surface area contributed by atoms with Crippen molar-refractivity contribution in [1.29, 1.82) is 0 Å². The molecule has 1 aromatic rings. The minimum atomic E-state index is 0.167. The summed E-state index contributed by atoms with van der Waals surface area (Å²) >= 11 is 5.14. The maximum Gasteiger partial charge on any atom is 0.0702 e. The van der Waals surface area contributed by atoms with Crippen LogP contribution in [0.25, 0.3) is 0 Å². The molecule has 0 amide bonds. The zero-order valence-electron chi connectivity index (χ0n) is 9.61. The fourth-order valence-corrected chi connectivity index (χ4v) is 2.92. The van der Waals surface area contributed by atoms with Crippen LogP contribution in [0.5, 0.6) is 0 Å². The van der Waals surface area contributed by atoms with E-state index < -0.39 is 0 Å². The third-order valence-corrected chi connectivity index (χ3v) is 4.52. The van der Waals surface area contributed by atoms with Crippen molar-refractivity contribution in [2.24, 2.45) is 11.7 Å². The van der Waals surface area contributed by atoms with Gasteiger partial charge < -0.3 is 16.2 Å². The van der Waals surface area contributed by atoms with Crippen LogP contribution in [0.2, 0.25) is 0 Å². The van der Waals surface area contributed by atoms with E-state index in [4.69, 9.17) is 10.8 Å². The van der Waals surface area contributed by atoms with Crippen LogP contribution in [0.3, 0.4) is 0 Å². The lowest BCUT2D eigenvalue weighted by Gasteiger charge is -2.25. The van der Waals surface area contributed by atoms with Gasteiger partial charge in [-0.15, -0.1) is 11.3 Å². The highest BCUT2D eigenvalue weighted by atomic mass is 79.9. The van der Waals surface area contributed by atoms with Gasteiger partial charge in [0.2, 0.25) is 0 Å². The van der Waals surface area contributed by atoms with E-state index in [-0.39, 0.29) is 24.6 Å². The normalized spacial score (nSPS) is 17.1. The van der Waals surface area contributed by atoms with Gasteiger partial charge in [-0.25, -0.2) is 0 Å². The smallest absolute Gasteiger partial charge is 0.0702 e. The summed E-state index contributed by atoms with van der Waals surface area (Å²) in [4.78, 5) is 1.23. The monoisotopic (exact) mass is 306 g/mol. The molecule has 0 aliphatic carbocycles. The molecule has 0 saturated carbocycles. The molecule has 1 rings (SSSR count). The fraction of sp³-hybridized carbons (Fsp3) is 0.636. The number of nitrogens with two attached hydrogens (primary N) is 1. The highest BCUT2D eigenvalue weighted by molar-refractivity contribution is 9.11. The first-order chi connectivity index (χ1) is 7.58. The number of aliphatic hydroxyl groups excluding tert-OH is 1. The average Bonchev–Trinajstić information content (AvgIpc) is 2.71. The SMILES string of the molecule is CC(CO)C(C)NC(CN)c1ccc(Br)s1. The molecule has 92 valence electrons. The zero-order valence-corrected chi connectivity index (χ0v) is 12.0. The molecule has 0 aromatic carbocycles. The first-order valence-electron chi connectivity index (χ1n) is 5.40. The summed E-state index contributed by atoms with van der Waals surface area (Å²) in [5.74, 6) is 0.234. The summed E-state index contributed by atoms with van der Waals surface area (Å²) in [6.07, 6.45) is 0. The molecule has 1 heterocycles. The molecular formula is C11H19BrN2OS. The Kier molecular flexibility index (Phi) is 5.92. The molecule has 0 aliphatic rings. The van der Waals surface area contributed by atoms with Gasteiger partial charge in [0, 0.05) is 24.1 Å². The van der Waals surface area contributed by atoms with Gasteiger partial charge in [0.05, 0.1) is 9.83 Å². The lowest BCUT2D eigenvalue weighted by molar-refractivity contribution is 0.201. The molecule has 0 bridgehead atoms. The number of aliphatic hydroxyl groups is 1. The minimum Gasteiger partial charge on any atom is -0.396 e. The second kappa shape index (κ2) is 6.71. The van der Waals surface area contributed by atoms with Crippen LogP contribution in [-0.2, 0) is 0 Å². The number of rotatable bonds is 6. The minimum absolute atomic E-state index is 0.167. The third-order valence-electron chi connectivity index (χ3n) is 2.78. The van der Waals surface area contributed by atoms with Crippen molar-refractivity contribution in [3.63, 3.8) is 0 Å². The van der Waals surface area contributed by atoms with E-state index in [9.17, 15) is 0 Å². The van der Waals surface area contributed by atoms with Gasteiger partial charge in [-0.3, -0.25) is 0 Å². The molecule has 3 nitrogen and oxygen atoms in total. The van der Waals surface area contributed by atoms with Crippen molar-refractivity contribution in [2.45, 2.75) is 25.9 Å². The maximum absolute atomic E-state index is 9.09. The molecule has 3 atom stereocenters. The molecule has 4 N–H and O–H groups in total. The third kappa shape index (κ3) is 3.82. The van der Waals surface area contributed by atoms with Gasteiger partial charge in [0.25, 0.3) is 0 Å². The van der Waals surface area contributed by atoms with Crippen molar-refractivity contribution in [3.05, 3.63) is 20.8 Å². The van der Waals surface area contributed by atoms with Crippen LogP contribution in [0.15, 0.2) is 15.9 Å². The van der Waals surface area contributed by atoms with Gasteiger partial charge in [-0.05, 0) is 40.9 Å². The number of hydrogen-bond acceptors (Lipinski definition) is 4. The fourth-order valence-electron chi connectivity index (χ4n) is 1.42. The largest absolute Gasteiger partial charge is 0.396 e. The Morgan fingerprint density at radius 1 is 1.50 bits per heavy atom. The molecule has 5 heteroatoms. The summed E-state index contributed by atoms with van der Waals surface area (Å²) < 4.78 is 1.12.